The van der Waals surface area contributed by atoms with Crippen molar-refractivity contribution in [1.82, 2.24) is 5.32 Å². The number of amides is 1. The van der Waals surface area contributed by atoms with Crippen molar-refractivity contribution in [1.29, 1.82) is 0 Å². The molecular weight excluding hydrogens is 379 g/mol. The number of nitrogens with one attached hydrogen (secondary N) is 2. The molecule has 2 aromatic rings. The number of rotatable bonds is 4. The van der Waals surface area contributed by atoms with Gasteiger partial charge in [-0.25, -0.2) is 9.18 Å². The zero-order chi connectivity index (χ0) is 19.7. The first-order chi connectivity index (χ1) is 13.5. The average Bonchev–Trinajstić information content (AvgIpc) is 3.01. The van der Waals surface area contributed by atoms with Crippen LogP contribution in [0.2, 0.25) is 5.02 Å². The van der Waals surface area contributed by atoms with Crippen LogP contribution in [0.3, 0.4) is 0 Å². The van der Waals surface area contributed by atoms with Crippen molar-refractivity contribution in [2.45, 2.75) is 44.7 Å². The molecule has 148 valence electrons. The average molecular weight is 403 g/mol. The summed E-state index contributed by atoms with van der Waals surface area (Å²) in [6, 6.07) is 11.4. The summed E-state index contributed by atoms with van der Waals surface area (Å²) < 4.78 is 19.0. The molecule has 0 aliphatic carbocycles. The molecule has 2 unspecified atom stereocenters. The molecule has 4 nitrogen and oxygen atoms in total. The smallest absolute Gasteiger partial charge is 0.411 e. The molecule has 2 heterocycles. The van der Waals surface area contributed by atoms with Crippen molar-refractivity contribution in [3.05, 3.63) is 52.8 Å². The normalized spacial score (nSPS) is 23.5. The molecule has 0 radical (unpaired) electrons. The number of hydrogen-bond acceptors (Lipinski definition) is 3. The summed E-state index contributed by atoms with van der Waals surface area (Å²) in [6.45, 7) is 2.38. The van der Waals surface area contributed by atoms with E-state index in [2.05, 4.69) is 10.6 Å². The largest absolute Gasteiger partial charge is 0.449 e. The van der Waals surface area contributed by atoms with E-state index in [4.69, 9.17) is 16.3 Å². The van der Waals surface area contributed by atoms with E-state index in [1.54, 1.807) is 12.1 Å². The Bertz CT molecular complexity index is 877. The van der Waals surface area contributed by atoms with Gasteiger partial charge in [0.25, 0.3) is 0 Å². The van der Waals surface area contributed by atoms with E-state index in [1.165, 1.54) is 18.9 Å². The lowest BCUT2D eigenvalue weighted by molar-refractivity contribution is 0.122. The highest BCUT2D eigenvalue weighted by molar-refractivity contribution is 6.31. The number of halogens is 2. The monoisotopic (exact) mass is 402 g/mol. The molecule has 2 atom stereocenters. The molecule has 28 heavy (non-hydrogen) atoms. The lowest BCUT2D eigenvalue weighted by Gasteiger charge is -2.28. The summed E-state index contributed by atoms with van der Waals surface area (Å²) in [4.78, 5) is 12.4. The molecule has 2 aliphatic rings. The fraction of sp³-hybridized carbons (Fsp3) is 0.409. The zero-order valence-electron chi connectivity index (χ0n) is 15.8. The van der Waals surface area contributed by atoms with Crippen molar-refractivity contribution < 1.29 is 13.9 Å². The van der Waals surface area contributed by atoms with Gasteiger partial charge in [-0.05, 0) is 67.9 Å². The summed E-state index contributed by atoms with van der Waals surface area (Å²) in [5.41, 5.74) is 3.13. The Kier molecular flexibility index (Phi) is 5.56. The van der Waals surface area contributed by atoms with E-state index in [0.29, 0.717) is 30.3 Å². The molecule has 2 saturated heterocycles. The summed E-state index contributed by atoms with van der Waals surface area (Å²) in [5.74, 6) is -0.0558. The van der Waals surface area contributed by atoms with Crippen molar-refractivity contribution >= 4 is 23.4 Å². The molecule has 2 bridgehead atoms. The Morgan fingerprint density at radius 2 is 1.96 bits per heavy atom. The highest BCUT2D eigenvalue weighted by atomic mass is 35.5. The van der Waals surface area contributed by atoms with Gasteiger partial charge in [0.15, 0.2) is 0 Å². The van der Waals surface area contributed by atoms with Gasteiger partial charge in [-0.3, -0.25) is 5.32 Å². The van der Waals surface area contributed by atoms with Crippen LogP contribution in [0, 0.1) is 18.7 Å². The molecule has 6 heteroatoms. The van der Waals surface area contributed by atoms with E-state index < -0.39 is 11.9 Å². The van der Waals surface area contributed by atoms with Crippen molar-refractivity contribution in [3.8, 4) is 11.1 Å². The maximum Gasteiger partial charge on any atom is 0.411 e. The summed E-state index contributed by atoms with van der Waals surface area (Å²) in [5, 5.41) is 6.49. The zero-order valence-corrected chi connectivity index (χ0v) is 16.6. The van der Waals surface area contributed by atoms with Crippen LogP contribution in [0.5, 0.6) is 0 Å². The number of ether oxygens (including phenoxy) is 1. The van der Waals surface area contributed by atoms with Gasteiger partial charge >= 0.3 is 6.09 Å². The summed E-state index contributed by atoms with van der Waals surface area (Å²) >= 11 is 5.93. The van der Waals surface area contributed by atoms with Gasteiger partial charge in [0, 0.05) is 17.6 Å². The third-order valence-corrected chi connectivity index (χ3v) is 5.95. The topological polar surface area (TPSA) is 50.4 Å². The second kappa shape index (κ2) is 8.10. The first kappa shape index (κ1) is 19.2. The van der Waals surface area contributed by atoms with Crippen LogP contribution in [-0.2, 0) is 4.74 Å². The molecule has 2 aromatic carbocycles. The van der Waals surface area contributed by atoms with Crippen LogP contribution in [0.25, 0.3) is 11.1 Å². The highest BCUT2D eigenvalue weighted by Gasteiger charge is 2.33. The number of benzene rings is 2. The first-order valence-electron chi connectivity index (χ1n) is 9.74. The van der Waals surface area contributed by atoms with E-state index in [0.717, 1.165) is 29.5 Å². The molecule has 0 spiro atoms. The molecule has 2 aliphatic heterocycles. The second-order valence-electron chi connectivity index (χ2n) is 7.88. The number of piperidine rings is 1. The Hall–Kier alpha value is -2.11. The quantitative estimate of drug-likeness (QED) is 0.706. The third kappa shape index (κ3) is 4.31. The number of carbonyl (C=O) groups is 1. The lowest BCUT2D eigenvalue weighted by Crippen LogP contribution is -2.39. The number of carbonyl (C=O) groups excluding carboxylic acids is 1. The minimum atomic E-state index is -0.470. The Morgan fingerprint density at radius 3 is 2.68 bits per heavy atom. The van der Waals surface area contributed by atoms with Gasteiger partial charge in [-0.1, -0.05) is 29.8 Å². The Morgan fingerprint density at radius 1 is 1.21 bits per heavy atom. The molecular formula is C22H24ClFN2O2. The Balaban J connectivity index is 1.44. The Labute approximate surface area is 169 Å². The van der Waals surface area contributed by atoms with Crippen LogP contribution >= 0.6 is 11.6 Å². The molecule has 0 saturated carbocycles. The van der Waals surface area contributed by atoms with Crippen LogP contribution < -0.4 is 10.6 Å². The minimum absolute atomic E-state index is 0.0483. The van der Waals surface area contributed by atoms with Gasteiger partial charge < -0.3 is 10.1 Å². The minimum Gasteiger partial charge on any atom is -0.449 e. The SMILES string of the molecule is Cc1ccc(-c2ccc(F)c(Cl)c2)c(NC(=O)OCC2CC3CCC(C2)N3)c1. The van der Waals surface area contributed by atoms with Crippen LogP contribution in [0.4, 0.5) is 14.9 Å². The van der Waals surface area contributed by atoms with Crippen molar-refractivity contribution in [2.24, 2.45) is 5.92 Å². The van der Waals surface area contributed by atoms with Crippen LogP contribution in [0.1, 0.15) is 31.2 Å². The maximum absolute atomic E-state index is 13.5. The summed E-state index contributed by atoms with van der Waals surface area (Å²) in [6.07, 6.45) is 4.10. The van der Waals surface area contributed by atoms with Crippen molar-refractivity contribution in [3.63, 3.8) is 0 Å². The van der Waals surface area contributed by atoms with Crippen LogP contribution in [0.15, 0.2) is 36.4 Å². The number of anilines is 1. The second-order valence-corrected chi connectivity index (χ2v) is 8.28. The third-order valence-electron chi connectivity index (χ3n) is 5.66. The lowest BCUT2D eigenvalue weighted by atomic mass is 9.93. The van der Waals surface area contributed by atoms with E-state index in [9.17, 15) is 9.18 Å². The van der Waals surface area contributed by atoms with Gasteiger partial charge in [-0.2, -0.15) is 0 Å². The molecule has 2 fully saturated rings. The fourth-order valence-electron chi connectivity index (χ4n) is 4.33. The summed E-state index contributed by atoms with van der Waals surface area (Å²) in [7, 11) is 0. The molecule has 1 amide bonds. The first-order valence-corrected chi connectivity index (χ1v) is 10.1. The standard InChI is InChI=1S/C22H24ClFN2O2/c1-13-2-6-18(15-3-7-20(24)19(23)11-15)21(8-13)26-22(27)28-12-14-9-16-4-5-17(10-14)25-16/h2-3,6-8,11,14,16-17,25H,4-5,9-10,12H2,1H3,(H,26,27). The van der Waals surface area contributed by atoms with Gasteiger partial charge in [-0.15, -0.1) is 0 Å². The maximum atomic E-state index is 13.5. The van der Waals surface area contributed by atoms with Crippen LogP contribution in [-0.4, -0.2) is 24.8 Å². The van der Waals surface area contributed by atoms with E-state index in [1.807, 2.05) is 25.1 Å². The predicted octanol–water partition coefficient (Wildman–Crippen LogP) is 5.53. The highest BCUT2D eigenvalue weighted by Crippen LogP contribution is 2.33. The van der Waals surface area contributed by atoms with Crippen molar-refractivity contribution in [2.75, 3.05) is 11.9 Å². The van der Waals surface area contributed by atoms with E-state index in [-0.39, 0.29) is 5.02 Å². The number of aryl methyl sites for hydroxylation is 1. The molecule has 2 N–H and O–H groups in total. The van der Waals surface area contributed by atoms with Gasteiger partial charge in [0.1, 0.15) is 5.82 Å². The fourth-order valence-corrected chi connectivity index (χ4v) is 4.51. The van der Waals surface area contributed by atoms with Gasteiger partial charge in [0.2, 0.25) is 0 Å². The molecule has 0 aromatic heterocycles. The predicted molar refractivity (Wildman–Crippen MR) is 109 cm³/mol. The number of fused-ring (bicyclic) bond motifs is 2. The number of hydrogen-bond donors (Lipinski definition) is 2. The molecule has 4 rings (SSSR count). The van der Waals surface area contributed by atoms with Gasteiger partial charge in [0.05, 0.1) is 17.3 Å². The van der Waals surface area contributed by atoms with E-state index >= 15 is 0 Å².